The molecule has 0 N–H and O–H groups in total. The first-order valence-corrected chi connectivity index (χ1v) is 8.65. The normalized spacial score (nSPS) is 11.3. The summed E-state index contributed by atoms with van der Waals surface area (Å²) in [5.74, 6) is -0.450. The van der Waals surface area contributed by atoms with Gasteiger partial charge in [-0.2, -0.15) is 4.98 Å². The van der Waals surface area contributed by atoms with E-state index in [1.807, 2.05) is 32.2 Å². The van der Waals surface area contributed by atoms with Gasteiger partial charge in [-0.15, -0.1) is 16.4 Å². The van der Waals surface area contributed by atoms with Gasteiger partial charge in [0.2, 0.25) is 0 Å². The van der Waals surface area contributed by atoms with E-state index in [0.717, 1.165) is 17.1 Å². The van der Waals surface area contributed by atoms with Crippen LogP contribution in [0.2, 0.25) is 0 Å². The average molecular weight is 370 g/mol. The van der Waals surface area contributed by atoms with Gasteiger partial charge in [0.15, 0.2) is 4.96 Å². The number of aryl methyl sites for hydroxylation is 3. The Kier molecular flexibility index (Phi) is 3.76. The first-order valence-electron chi connectivity index (χ1n) is 7.77. The van der Waals surface area contributed by atoms with Crippen LogP contribution < -0.4 is 5.56 Å². The van der Waals surface area contributed by atoms with Crippen LogP contribution in [0.4, 0.5) is 0 Å². The quantitative estimate of drug-likeness (QED) is 0.503. The largest absolute Gasteiger partial charge is 0.453 e. The lowest BCUT2D eigenvalue weighted by molar-refractivity contribution is 0.0453. The second-order valence-electron chi connectivity index (χ2n) is 5.84. The number of esters is 1. The van der Waals surface area contributed by atoms with Gasteiger partial charge in [0.05, 0.1) is 5.69 Å². The molecule has 0 aliphatic rings. The van der Waals surface area contributed by atoms with Crippen LogP contribution in [0, 0.1) is 20.8 Å². The van der Waals surface area contributed by atoms with Crippen LogP contribution in [0.25, 0.3) is 10.7 Å². The molecule has 0 atom stereocenters. The maximum atomic E-state index is 12.2. The van der Waals surface area contributed by atoms with Crippen LogP contribution in [0.1, 0.15) is 33.4 Å². The molecule has 10 heteroatoms. The van der Waals surface area contributed by atoms with Crippen molar-refractivity contribution >= 4 is 28.0 Å². The van der Waals surface area contributed by atoms with Crippen molar-refractivity contribution in [3.8, 4) is 0 Å². The highest BCUT2D eigenvalue weighted by Gasteiger charge is 2.17. The van der Waals surface area contributed by atoms with Crippen molar-refractivity contribution in [3.05, 3.63) is 56.5 Å². The number of ether oxygens (including phenoxy) is 1. The second kappa shape index (κ2) is 5.99. The standard InChI is InChI=1S/C16H14N6O3S/c1-8-4-9(2)22-15(17-8)19-13(20-22)14(24)25-6-11-5-12(23)21-10(3)7-26-16(21)18-11/h4-5,7H,6H2,1-3H3. The van der Waals surface area contributed by atoms with E-state index in [-0.39, 0.29) is 18.0 Å². The Morgan fingerprint density at radius 2 is 1.96 bits per heavy atom. The minimum atomic E-state index is -0.697. The molecular weight excluding hydrogens is 356 g/mol. The predicted octanol–water partition coefficient (Wildman–Crippen LogP) is 1.48. The van der Waals surface area contributed by atoms with E-state index < -0.39 is 5.97 Å². The minimum Gasteiger partial charge on any atom is -0.453 e. The molecule has 0 unspecified atom stereocenters. The Labute approximate surface area is 150 Å². The molecule has 4 aromatic heterocycles. The highest BCUT2D eigenvalue weighted by atomic mass is 32.1. The van der Waals surface area contributed by atoms with Crippen LogP contribution in [0.5, 0.6) is 0 Å². The Hall–Kier alpha value is -3.14. The summed E-state index contributed by atoms with van der Waals surface area (Å²) in [6, 6.07) is 3.19. The zero-order valence-electron chi connectivity index (χ0n) is 14.3. The van der Waals surface area contributed by atoms with Gasteiger partial charge >= 0.3 is 5.97 Å². The van der Waals surface area contributed by atoms with Gasteiger partial charge in [-0.25, -0.2) is 19.3 Å². The van der Waals surface area contributed by atoms with E-state index >= 15 is 0 Å². The summed E-state index contributed by atoms with van der Waals surface area (Å²) < 4.78 is 8.20. The van der Waals surface area contributed by atoms with Crippen LogP contribution in [-0.2, 0) is 11.3 Å². The maximum absolute atomic E-state index is 12.2. The second-order valence-corrected chi connectivity index (χ2v) is 6.68. The lowest BCUT2D eigenvalue weighted by Gasteiger charge is -2.02. The van der Waals surface area contributed by atoms with E-state index in [2.05, 4.69) is 20.1 Å². The SMILES string of the molecule is Cc1cc(C)n2nc(C(=O)OCc3cc(=O)n4c(C)csc4n3)nc2n1. The fourth-order valence-corrected chi connectivity index (χ4v) is 3.52. The molecule has 132 valence electrons. The molecule has 26 heavy (non-hydrogen) atoms. The van der Waals surface area contributed by atoms with Gasteiger partial charge in [-0.05, 0) is 26.8 Å². The summed E-state index contributed by atoms with van der Waals surface area (Å²) in [5.41, 5.74) is 2.58. The summed E-state index contributed by atoms with van der Waals surface area (Å²) in [4.78, 5) is 37.6. The third kappa shape index (κ3) is 2.73. The van der Waals surface area contributed by atoms with E-state index in [1.165, 1.54) is 26.3 Å². The van der Waals surface area contributed by atoms with Crippen molar-refractivity contribution < 1.29 is 9.53 Å². The molecule has 0 aromatic carbocycles. The number of rotatable bonds is 3. The smallest absolute Gasteiger partial charge is 0.378 e. The van der Waals surface area contributed by atoms with Gasteiger partial charge in [-0.1, -0.05) is 0 Å². The summed E-state index contributed by atoms with van der Waals surface area (Å²) in [6.45, 7) is 5.38. The Morgan fingerprint density at radius 3 is 2.77 bits per heavy atom. The van der Waals surface area contributed by atoms with Gasteiger partial charge in [0.1, 0.15) is 6.61 Å². The number of aromatic nitrogens is 6. The predicted molar refractivity (Wildman–Crippen MR) is 93.5 cm³/mol. The Bertz CT molecular complexity index is 1220. The van der Waals surface area contributed by atoms with Crippen LogP contribution in [0.3, 0.4) is 0 Å². The summed E-state index contributed by atoms with van der Waals surface area (Å²) >= 11 is 1.35. The average Bonchev–Trinajstić information content (AvgIpc) is 3.17. The topological polar surface area (TPSA) is 104 Å². The number of carbonyl (C=O) groups is 1. The number of hydrogen-bond donors (Lipinski definition) is 0. The highest BCUT2D eigenvalue weighted by Crippen LogP contribution is 2.12. The van der Waals surface area contributed by atoms with Gasteiger partial charge in [-0.3, -0.25) is 9.20 Å². The summed E-state index contributed by atoms with van der Waals surface area (Å²) in [7, 11) is 0. The molecule has 0 radical (unpaired) electrons. The molecule has 0 spiro atoms. The van der Waals surface area contributed by atoms with E-state index in [9.17, 15) is 9.59 Å². The molecule has 0 amide bonds. The lowest BCUT2D eigenvalue weighted by Crippen LogP contribution is -2.16. The monoisotopic (exact) mass is 370 g/mol. The van der Waals surface area contributed by atoms with Crippen molar-refractivity contribution in [2.24, 2.45) is 0 Å². The molecule has 0 fully saturated rings. The molecule has 9 nitrogen and oxygen atoms in total. The molecule has 4 heterocycles. The molecule has 0 aliphatic carbocycles. The van der Waals surface area contributed by atoms with Gasteiger partial charge < -0.3 is 4.74 Å². The van der Waals surface area contributed by atoms with Crippen molar-refractivity contribution in [1.82, 2.24) is 29.0 Å². The fraction of sp³-hybridized carbons (Fsp3) is 0.250. The molecule has 0 saturated heterocycles. The molecule has 0 saturated carbocycles. The van der Waals surface area contributed by atoms with Crippen molar-refractivity contribution in [2.45, 2.75) is 27.4 Å². The molecule has 0 aliphatic heterocycles. The van der Waals surface area contributed by atoms with Crippen molar-refractivity contribution in [1.29, 1.82) is 0 Å². The lowest BCUT2D eigenvalue weighted by atomic mass is 10.4. The summed E-state index contributed by atoms with van der Waals surface area (Å²) in [5, 5.41) is 5.97. The summed E-state index contributed by atoms with van der Waals surface area (Å²) in [6.07, 6.45) is 0. The van der Waals surface area contributed by atoms with Gasteiger partial charge in [0.25, 0.3) is 17.2 Å². The van der Waals surface area contributed by atoms with Crippen molar-refractivity contribution in [2.75, 3.05) is 0 Å². The molecule has 4 aromatic rings. The third-order valence-electron chi connectivity index (χ3n) is 3.78. The zero-order valence-corrected chi connectivity index (χ0v) is 15.1. The first-order chi connectivity index (χ1) is 12.4. The number of fused-ring (bicyclic) bond motifs is 2. The van der Waals surface area contributed by atoms with Crippen LogP contribution >= 0.6 is 11.3 Å². The first kappa shape index (κ1) is 16.3. The fourth-order valence-electron chi connectivity index (χ4n) is 2.63. The maximum Gasteiger partial charge on any atom is 0.378 e. The van der Waals surface area contributed by atoms with E-state index in [1.54, 1.807) is 0 Å². The van der Waals surface area contributed by atoms with E-state index in [4.69, 9.17) is 4.74 Å². The highest BCUT2D eigenvalue weighted by molar-refractivity contribution is 7.15. The number of nitrogens with zero attached hydrogens (tertiary/aromatic N) is 6. The Balaban J connectivity index is 1.57. The molecular formula is C16H14N6O3S. The Morgan fingerprint density at radius 1 is 1.15 bits per heavy atom. The van der Waals surface area contributed by atoms with Crippen LogP contribution in [0.15, 0.2) is 22.3 Å². The van der Waals surface area contributed by atoms with Gasteiger partial charge in [0, 0.05) is 28.5 Å². The molecule has 0 bridgehead atoms. The number of thiazole rings is 1. The minimum absolute atomic E-state index is 0.0871. The zero-order chi connectivity index (χ0) is 18.4. The van der Waals surface area contributed by atoms with Crippen molar-refractivity contribution in [3.63, 3.8) is 0 Å². The van der Waals surface area contributed by atoms with E-state index in [0.29, 0.717) is 16.4 Å². The van der Waals surface area contributed by atoms with Crippen LogP contribution in [-0.4, -0.2) is 34.9 Å². The third-order valence-corrected chi connectivity index (χ3v) is 4.72. The molecule has 4 rings (SSSR count). The number of carbonyl (C=O) groups excluding carboxylic acids is 1. The number of hydrogen-bond acceptors (Lipinski definition) is 8.